The molecule has 0 atom stereocenters. The van der Waals surface area contributed by atoms with E-state index >= 15 is 0 Å². The molecule has 0 aromatic heterocycles. The Morgan fingerprint density at radius 3 is 0.500 bits per heavy atom. The maximum absolute atomic E-state index is 10.2. The SMILES string of the molecule is CC(=O)O.CC(=O)O.CC(=O)O.CC(=O)O.CC(=O)O.CC(=O)O.O=C(O)C(CO)(CO)CO. The second kappa shape index (κ2) is 33.8. The molecule has 0 saturated heterocycles. The Kier molecular flexibility index (Phi) is 47.5. The molecule has 17 heteroatoms. The van der Waals surface area contributed by atoms with Gasteiger partial charge in [0, 0.05) is 41.5 Å². The Labute approximate surface area is 194 Å². The van der Waals surface area contributed by atoms with Crippen LogP contribution in [-0.2, 0) is 33.6 Å². The van der Waals surface area contributed by atoms with Crippen LogP contribution in [-0.4, -0.2) is 113 Å². The van der Waals surface area contributed by atoms with Gasteiger partial charge in [0.1, 0.15) is 5.41 Å². The molecular formula is C17H34O17. The van der Waals surface area contributed by atoms with Crippen molar-refractivity contribution in [3.05, 3.63) is 0 Å². The van der Waals surface area contributed by atoms with Gasteiger partial charge in [0.2, 0.25) is 0 Å². The number of aliphatic hydroxyl groups is 3. The summed E-state index contributed by atoms with van der Waals surface area (Å²) < 4.78 is 0. The first-order valence-corrected chi connectivity index (χ1v) is 8.25. The normalized spacial score (nSPS) is 7.79. The van der Waals surface area contributed by atoms with Crippen LogP contribution in [0.25, 0.3) is 0 Å². The van der Waals surface area contributed by atoms with Crippen LogP contribution in [0.15, 0.2) is 0 Å². The molecule has 0 aliphatic heterocycles. The molecule has 204 valence electrons. The molecule has 0 amide bonds. The van der Waals surface area contributed by atoms with Gasteiger partial charge in [-0.05, 0) is 0 Å². The van der Waals surface area contributed by atoms with Gasteiger partial charge >= 0.3 is 5.97 Å². The molecule has 34 heavy (non-hydrogen) atoms. The van der Waals surface area contributed by atoms with E-state index in [1.807, 2.05) is 0 Å². The number of carboxylic acids is 7. The third-order valence-corrected chi connectivity index (χ3v) is 1.36. The highest BCUT2D eigenvalue weighted by atomic mass is 16.4. The zero-order valence-electron chi connectivity index (χ0n) is 19.5. The summed E-state index contributed by atoms with van der Waals surface area (Å²) in [4.78, 5) is 64.2. The van der Waals surface area contributed by atoms with Crippen molar-refractivity contribution in [2.75, 3.05) is 19.8 Å². The van der Waals surface area contributed by atoms with Gasteiger partial charge in [-0.1, -0.05) is 0 Å². The molecule has 10 N–H and O–H groups in total. The molecule has 17 nitrogen and oxygen atoms in total. The Balaban J connectivity index is -0.0000000526. The van der Waals surface area contributed by atoms with Crippen molar-refractivity contribution in [2.24, 2.45) is 5.41 Å². The number of aliphatic carboxylic acids is 7. The zero-order valence-corrected chi connectivity index (χ0v) is 19.5. The quantitative estimate of drug-likeness (QED) is 0.207. The summed E-state index contributed by atoms with van der Waals surface area (Å²) in [6.45, 7) is 4.19. The van der Waals surface area contributed by atoms with Crippen LogP contribution in [0.3, 0.4) is 0 Å². The second-order valence-electron chi connectivity index (χ2n) is 5.17. The van der Waals surface area contributed by atoms with Crippen molar-refractivity contribution in [1.29, 1.82) is 0 Å². The largest absolute Gasteiger partial charge is 0.481 e. The topological polar surface area (TPSA) is 322 Å². The van der Waals surface area contributed by atoms with Crippen LogP contribution in [0.4, 0.5) is 0 Å². The predicted molar refractivity (Wildman–Crippen MR) is 111 cm³/mol. The summed E-state index contributed by atoms with van der Waals surface area (Å²) >= 11 is 0. The van der Waals surface area contributed by atoms with E-state index in [4.69, 9.17) is 79.8 Å². The maximum Gasteiger partial charge on any atom is 0.316 e. The van der Waals surface area contributed by atoms with Crippen molar-refractivity contribution in [2.45, 2.75) is 41.5 Å². The van der Waals surface area contributed by atoms with Crippen molar-refractivity contribution in [3.63, 3.8) is 0 Å². The Bertz CT molecular complexity index is 453. The minimum absolute atomic E-state index is 0.769. The summed E-state index contributed by atoms with van der Waals surface area (Å²) in [5.74, 6) is -6.40. The molecule has 0 aliphatic carbocycles. The highest BCUT2D eigenvalue weighted by molar-refractivity contribution is 5.75. The summed E-state index contributed by atoms with van der Waals surface area (Å²) in [5.41, 5.74) is -1.79. The second-order valence-corrected chi connectivity index (χ2v) is 5.17. The monoisotopic (exact) mass is 510 g/mol. The van der Waals surface area contributed by atoms with Gasteiger partial charge in [0.25, 0.3) is 35.8 Å². The molecule has 0 bridgehead atoms. The molecule has 0 rings (SSSR count). The minimum Gasteiger partial charge on any atom is -0.481 e. The molecule has 0 saturated carbocycles. The fourth-order valence-electron chi connectivity index (χ4n) is 0.353. The predicted octanol–water partition coefficient (Wildman–Crippen LogP) is -1.42. The minimum atomic E-state index is -1.79. The lowest BCUT2D eigenvalue weighted by Gasteiger charge is -2.20. The average molecular weight is 510 g/mol. The molecular weight excluding hydrogens is 476 g/mol. The molecule has 0 aliphatic rings. The van der Waals surface area contributed by atoms with Gasteiger partial charge in [-0.15, -0.1) is 0 Å². The Hall–Kier alpha value is -3.83. The third-order valence-electron chi connectivity index (χ3n) is 1.36. The third kappa shape index (κ3) is 167. The number of hydrogen-bond donors (Lipinski definition) is 10. The summed E-state index contributed by atoms with van der Waals surface area (Å²) in [5, 5.41) is 78.2. The van der Waals surface area contributed by atoms with Gasteiger partial charge in [-0.2, -0.15) is 0 Å². The maximum atomic E-state index is 10.2. The first-order valence-electron chi connectivity index (χ1n) is 8.25. The highest BCUT2D eigenvalue weighted by Gasteiger charge is 2.36. The van der Waals surface area contributed by atoms with Crippen molar-refractivity contribution >= 4 is 41.8 Å². The van der Waals surface area contributed by atoms with Gasteiger partial charge < -0.3 is 51.1 Å². The van der Waals surface area contributed by atoms with E-state index in [9.17, 15) is 4.79 Å². The van der Waals surface area contributed by atoms with Gasteiger partial charge in [-0.25, -0.2) is 0 Å². The number of hydrogen-bond acceptors (Lipinski definition) is 10. The van der Waals surface area contributed by atoms with Gasteiger partial charge in [0.15, 0.2) is 0 Å². The number of carboxylic acid groups (broad SMARTS) is 7. The van der Waals surface area contributed by atoms with E-state index in [1.54, 1.807) is 0 Å². The standard InChI is InChI=1S/C5H10O5.6C2H4O2/c6-1-5(2-7,3-8)4(9)10;6*1-2(3)4/h6-8H,1-3H2,(H,9,10);6*1H3,(H,3,4). The Morgan fingerprint density at radius 2 is 0.500 bits per heavy atom. The smallest absolute Gasteiger partial charge is 0.316 e. The molecule has 0 spiro atoms. The fourth-order valence-corrected chi connectivity index (χ4v) is 0.353. The average Bonchev–Trinajstić information content (AvgIpc) is 2.53. The highest BCUT2D eigenvalue weighted by Crippen LogP contribution is 2.13. The summed E-state index contributed by atoms with van der Waals surface area (Å²) in [7, 11) is 0. The van der Waals surface area contributed by atoms with Crippen LogP contribution in [0.5, 0.6) is 0 Å². The van der Waals surface area contributed by atoms with E-state index in [0.29, 0.717) is 0 Å². The summed E-state index contributed by atoms with van der Waals surface area (Å²) in [6.07, 6.45) is 0. The molecule has 0 fully saturated rings. The van der Waals surface area contributed by atoms with Crippen LogP contribution in [0.2, 0.25) is 0 Å². The fraction of sp³-hybridized carbons (Fsp3) is 0.588. The van der Waals surface area contributed by atoms with Crippen LogP contribution in [0.1, 0.15) is 41.5 Å². The van der Waals surface area contributed by atoms with E-state index in [2.05, 4.69) is 0 Å². The molecule has 0 radical (unpaired) electrons. The number of carbonyl (C=O) groups is 7. The first kappa shape index (κ1) is 47.8. The zero-order chi connectivity index (χ0) is 29.7. The van der Waals surface area contributed by atoms with E-state index in [1.165, 1.54) is 0 Å². The van der Waals surface area contributed by atoms with E-state index in [0.717, 1.165) is 41.5 Å². The van der Waals surface area contributed by atoms with Crippen molar-refractivity contribution in [3.8, 4) is 0 Å². The van der Waals surface area contributed by atoms with Gasteiger partial charge in [0.05, 0.1) is 19.8 Å². The lowest BCUT2D eigenvalue weighted by molar-refractivity contribution is -0.158. The molecule has 0 aromatic carbocycles. The van der Waals surface area contributed by atoms with Crippen molar-refractivity contribution < 1.29 is 84.6 Å². The van der Waals surface area contributed by atoms with Crippen molar-refractivity contribution in [1.82, 2.24) is 0 Å². The number of aliphatic hydroxyl groups excluding tert-OH is 3. The Morgan fingerprint density at radius 1 is 0.412 bits per heavy atom. The van der Waals surface area contributed by atoms with E-state index < -0.39 is 67.0 Å². The van der Waals surface area contributed by atoms with Crippen LogP contribution < -0.4 is 0 Å². The van der Waals surface area contributed by atoms with Crippen LogP contribution >= 0.6 is 0 Å². The number of rotatable bonds is 4. The molecule has 0 unspecified atom stereocenters. The van der Waals surface area contributed by atoms with Gasteiger partial charge in [-0.3, -0.25) is 33.6 Å². The molecule has 0 aromatic rings. The lowest BCUT2D eigenvalue weighted by atomic mass is 9.92. The van der Waals surface area contributed by atoms with E-state index in [-0.39, 0.29) is 0 Å². The summed E-state index contributed by atoms with van der Waals surface area (Å²) in [6, 6.07) is 0. The lowest BCUT2D eigenvalue weighted by Crippen LogP contribution is -2.41. The van der Waals surface area contributed by atoms with Crippen LogP contribution in [0, 0.1) is 5.41 Å². The molecule has 0 heterocycles. The first-order chi connectivity index (χ1) is 15.0.